The van der Waals surface area contributed by atoms with Gasteiger partial charge in [0.25, 0.3) is 11.8 Å². The average molecular weight is 588 g/mol. The maximum Gasteiger partial charge on any atom is 0.263 e. The van der Waals surface area contributed by atoms with Crippen LogP contribution in [0.25, 0.3) is 20.2 Å². The maximum absolute atomic E-state index is 13.3. The molecular formula is C30H32Cl2N2O2S2. The molecular weight excluding hydrogens is 555 g/mol. The van der Waals surface area contributed by atoms with Crippen LogP contribution < -0.4 is 10.6 Å². The van der Waals surface area contributed by atoms with Crippen LogP contribution >= 0.6 is 45.9 Å². The van der Waals surface area contributed by atoms with Crippen molar-refractivity contribution in [1.82, 2.24) is 10.6 Å². The summed E-state index contributed by atoms with van der Waals surface area (Å²) in [6.45, 7) is 11.2. The normalized spacial score (nSPS) is 21.1. The highest BCUT2D eigenvalue weighted by molar-refractivity contribution is 7.22. The van der Waals surface area contributed by atoms with Crippen LogP contribution in [0.5, 0.6) is 0 Å². The predicted octanol–water partition coefficient (Wildman–Crippen LogP) is 8.78. The molecule has 2 aromatic carbocycles. The highest BCUT2D eigenvalue weighted by atomic mass is 35.5. The zero-order valence-corrected chi connectivity index (χ0v) is 25.4. The summed E-state index contributed by atoms with van der Waals surface area (Å²) in [5, 5.41) is 9.28. The molecule has 2 unspecified atom stereocenters. The van der Waals surface area contributed by atoms with E-state index in [1.54, 1.807) is 0 Å². The Hall–Kier alpha value is -2.12. The van der Waals surface area contributed by atoms with E-state index >= 15 is 0 Å². The van der Waals surface area contributed by atoms with Crippen molar-refractivity contribution in [3.63, 3.8) is 0 Å². The Morgan fingerprint density at radius 2 is 1.39 bits per heavy atom. The Morgan fingerprint density at radius 3 is 1.95 bits per heavy atom. The van der Waals surface area contributed by atoms with Crippen molar-refractivity contribution >= 4 is 77.9 Å². The van der Waals surface area contributed by atoms with Crippen molar-refractivity contribution in [2.45, 2.75) is 59.9 Å². The molecule has 5 rings (SSSR count). The Balaban J connectivity index is 1.30. The van der Waals surface area contributed by atoms with Gasteiger partial charge in [-0.2, -0.15) is 0 Å². The molecule has 0 saturated heterocycles. The summed E-state index contributed by atoms with van der Waals surface area (Å²) in [4.78, 5) is 27.6. The zero-order chi connectivity index (χ0) is 27.4. The first-order chi connectivity index (χ1) is 17.8. The second-order valence-electron chi connectivity index (χ2n) is 11.9. The van der Waals surface area contributed by atoms with E-state index in [-0.39, 0.29) is 28.7 Å². The standard InChI is InChI=1S/C30H32Cl2N2O2S2/c1-16-6-8-19-21(10-16)37-25(23(19)31)27(35)33-15-30(5)13-18(12-29(3,4)14-30)34-28(36)26-24(32)20-9-7-17(2)11-22(20)38-26/h6-11,18H,12-15H2,1-5H3,(H,33,35)(H,34,36). The van der Waals surface area contributed by atoms with Gasteiger partial charge < -0.3 is 10.6 Å². The number of benzene rings is 2. The fourth-order valence-corrected chi connectivity index (χ4v) is 9.18. The Bertz CT molecular complexity index is 1570. The van der Waals surface area contributed by atoms with Crippen LogP contribution in [0.4, 0.5) is 0 Å². The molecule has 0 bridgehead atoms. The SMILES string of the molecule is Cc1ccc2c(Cl)c(C(=O)NCC3(C)CC(NC(=O)c4sc5cc(C)ccc5c4Cl)CC(C)(C)C3)sc2c1. The topological polar surface area (TPSA) is 58.2 Å². The van der Waals surface area contributed by atoms with Crippen molar-refractivity contribution in [3.05, 3.63) is 67.3 Å². The minimum absolute atomic E-state index is 0.00350. The van der Waals surface area contributed by atoms with Crippen molar-refractivity contribution in [2.24, 2.45) is 10.8 Å². The summed E-state index contributed by atoms with van der Waals surface area (Å²) in [5.41, 5.74) is 2.10. The molecule has 0 radical (unpaired) electrons. The van der Waals surface area contributed by atoms with Gasteiger partial charge in [0.15, 0.2) is 0 Å². The molecule has 200 valence electrons. The van der Waals surface area contributed by atoms with E-state index in [0.717, 1.165) is 50.6 Å². The Morgan fingerprint density at radius 1 is 0.868 bits per heavy atom. The summed E-state index contributed by atoms with van der Waals surface area (Å²) < 4.78 is 2.04. The summed E-state index contributed by atoms with van der Waals surface area (Å²) in [5.74, 6) is -0.276. The number of carbonyl (C=O) groups is 2. The van der Waals surface area contributed by atoms with Gasteiger partial charge in [-0.15, -0.1) is 22.7 Å². The number of rotatable bonds is 5. The lowest BCUT2D eigenvalue weighted by Gasteiger charge is -2.47. The molecule has 1 fully saturated rings. The number of carbonyl (C=O) groups excluding carboxylic acids is 2. The number of nitrogens with one attached hydrogen (secondary N) is 2. The van der Waals surface area contributed by atoms with Crippen molar-refractivity contribution < 1.29 is 9.59 Å². The van der Waals surface area contributed by atoms with Crippen molar-refractivity contribution in [2.75, 3.05) is 6.54 Å². The van der Waals surface area contributed by atoms with Crippen LogP contribution in [0, 0.1) is 24.7 Å². The number of fused-ring (bicyclic) bond motifs is 2. The van der Waals surface area contributed by atoms with Crippen LogP contribution in [0.2, 0.25) is 10.0 Å². The zero-order valence-electron chi connectivity index (χ0n) is 22.3. The van der Waals surface area contributed by atoms with Gasteiger partial charge in [-0.1, -0.05) is 68.2 Å². The fraction of sp³-hybridized carbons (Fsp3) is 0.400. The van der Waals surface area contributed by atoms with E-state index in [2.05, 4.69) is 43.5 Å². The predicted molar refractivity (Wildman–Crippen MR) is 162 cm³/mol. The minimum atomic E-state index is -0.184. The molecule has 2 heterocycles. The van der Waals surface area contributed by atoms with E-state index in [1.165, 1.54) is 22.7 Å². The molecule has 38 heavy (non-hydrogen) atoms. The van der Waals surface area contributed by atoms with E-state index in [1.807, 2.05) is 38.1 Å². The molecule has 0 spiro atoms. The maximum atomic E-state index is 13.3. The smallest absolute Gasteiger partial charge is 0.263 e. The Labute approximate surface area is 241 Å². The number of halogens is 2. The van der Waals surface area contributed by atoms with E-state index in [9.17, 15) is 9.59 Å². The van der Waals surface area contributed by atoms with Gasteiger partial charge in [-0.25, -0.2) is 0 Å². The van der Waals surface area contributed by atoms with Crippen LogP contribution in [-0.2, 0) is 0 Å². The number of aryl methyl sites for hydroxylation is 2. The minimum Gasteiger partial charge on any atom is -0.351 e. The van der Waals surface area contributed by atoms with E-state index < -0.39 is 0 Å². The Kier molecular flexibility index (Phi) is 7.31. The first-order valence-electron chi connectivity index (χ1n) is 12.8. The van der Waals surface area contributed by atoms with Gasteiger partial charge in [0.05, 0.1) is 10.0 Å². The molecule has 2 aromatic heterocycles. The lowest BCUT2D eigenvalue weighted by atomic mass is 9.62. The highest BCUT2D eigenvalue weighted by Crippen LogP contribution is 2.46. The van der Waals surface area contributed by atoms with Gasteiger partial charge >= 0.3 is 0 Å². The molecule has 1 aliphatic carbocycles. The summed E-state index contributed by atoms with van der Waals surface area (Å²) in [7, 11) is 0. The van der Waals surface area contributed by atoms with Crippen molar-refractivity contribution in [1.29, 1.82) is 0 Å². The molecule has 1 saturated carbocycles. The van der Waals surface area contributed by atoms with Gasteiger partial charge in [0.1, 0.15) is 9.75 Å². The van der Waals surface area contributed by atoms with Crippen LogP contribution in [0.3, 0.4) is 0 Å². The third-order valence-corrected chi connectivity index (χ3v) is 10.7. The molecule has 0 aliphatic heterocycles. The summed E-state index contributed by atoms with van der Waals surface area (Å²) in [6, 6.07) is 12.1. The fourth-order valence-electron chi connectivity index (χ4n) is 6.13. The number of thiophene rings is 2. The lowest BCUT2D eigenvalue weighted by Crippen LogP contribution is -2.50. The first-order valence-corrected chi connectivity index (χ1v) is 15.2. The van der Waals surface area contributed by atoms with Crippen LogP contribution in [0.15, 0.2) is 36.4 Å². The number of amides is 2. The molecule has 4 aromatic rings. The number of hydrogen-bond donors (Lipinski definition) is 2. The molecule has 2 atom stereocenters. The van der Waals surface area contributed by atoms with Gasteiger partial charge in [-0.3, -0.25) is 9.59 Å². The molecule has 2 amide bonds. The van der Waals surface area contributed by atoms with E-state index in [0.29, 0.717) is 26.3 Å². The first kappa shape index (κ1) is 27.4. The van der Waals surface area contributed by atoms with Gasteiger partial charge in [0, 0.05) is 32.8 Å². The van der Waals surface area contributed by atoms with Crippen LogP contribution in [0.1, 0.15) is 70.5 Å². The quantitative estimate of drug-likeness (QED) is 0.245. The lowest BCUT2D eigenvalue weighted by molar-refractivity contribution is 0.0594. The summed E-state index contributed by atoms with van der Waals surface area (Å²) >= 11 is 16.1. The largest absolute Gasteiger partial charge is 0.351 e. The second-order valence-corrected chi connectivity index (χ2v) is 14.8. The molecule has 1 aliphatic rings. The third-order valence-electron chi connectivity index (χ3n) is 7.44. The van der Waals surface area contributed by atoms with Crippen LogP contribution in [-0.4, -0.2) is 24.4 Å². The monoisotopic (exact) mass is 586 g/mol. The highest BCUT2D eigenvalue weighted by Gasteiger charge is 2.42. The number of hydrogen-bond acceptors (Lipinski definition) is 4. The molecule has 2 N–H and O–H groups in total. The molecule has 8 heteroatoms. The molecule has 4 nitrogen and oxygen atoms in total. The summed E-state index contributed by atoms with van der Waals surface area (Å²) in [6.07, 6.45) is 2.57. The average Bonchev–Trinajstić information content (AvgIpc) is 3.32. The van der Waals surface area contributed by atoms with Gasteiger partial charge in [-0.05, 0) is 67.2 Å². The third kappa shape index (κ3) is 5.46. The van der Waals surface area contributed by atoms with Crippen molar-refractivity contribution in [3.8, 4) is 0 Å². The van der Waals surface area contributed by atoms with E-state index in [4.69, 9.17) is 23.2 Å². The van der Waals surface area contributed by atoms with Gasteiger partial charge in [0.2, 0.25) is 0 Å². The second kappa shape index (κ2) is 10.1.